The van der Waals surface area contributed by atoms with Crippen LogP contribution in [0.1, 0.15) is 12.8 Å². The second-order valence-corrected chi connectivity index (χ2v) is 4.71. The first-order chi connectivity index (χ1) is 6.02. The Labute approximate surface area is 77.8 Å². The lowest BCUT2D eigenvalue weighted by Gasteiger charge is -2.15. The van der Waals surface area contributed by atoms with Crippen LogP contribution in [-0.2, 0) is 10.2 Å². The molecule has 0 aliphatic carbocycles. The molecule has 0 bridgehead atoms. The highest BCUT2D eigenvalue weighted by Crippen LogP contribution is 2.10. The number of hydrogen-bond acceptors (Lipinski definition) is 3. The normalized spacial score (nSPS) is 19.1. The summed E-state index contributed by atoms with van der Waals surface area (Å²) < 4.78 is 26.4. The molecule has 0 atom stereocenters. The zero-order valence-electron chi connectivity index (χ0n) is 7.28. The fourth-order valence-electron chi connectivity index (χ4n) is 1.19. The van der Waals surface area contributed by atoms with Crippen LogP contribution in [0.15, 0.2) is 0 Å². The number of nitrogens with zero attached hydrogens (tertiary/aromatic N) is 1. The number of amidine groups is 1. The fourth-order valence-corrected chi connectivity index (χ4v) is 2.45. The second-order valence-electron chi connectivity index (χ2n) is 2.96. The highest BCUT2D eigenvalue weighted by molar-refractivity contribution is 7.87. The third-order valence-corrected chi connectivity index (χ3v) is 3.40. The summed E-state index contributed by atoms with van der Waals surface area (Å²) in [4.78, 5) is 0. The molecule has 0 aromatic rings. The zero-order chi connectivity index (χ0) is 9.90. The van der Waals surface area contributed by atoms with Crippen molar-refractivity contribution in [2.75, 3.05) is 19.6 Å². The van der Waals surface area contributed by atoms with Gasteiger partial charge in [-0.05, 0) is 12.8 Å². The van der Waals surface area contributed by atoms with Gasteiger partial charge in [0.2, 0.25) is 0 Å². The van der Waals surface area contributed by atoms with E-state index in [0.29, 0.717) is 13.1 Å². The fraction of sp³-hybridized carbons (Fsp3) is 0.833. The van der Waals surface area contributed by atoms with Gasteiger partial charge in [0.1, 0.15) is 5.84 Å². The second kappa shape index (κ2) is 4.03. The van der Waals surface area contributed by atoms with Gasteiger partial charge >= 0.3 is 0 Å². The molecule has 0 aromatic heterocycles. The van der Waals surface area contributed by atoms with E-state index < -0.39 is 10.2 Å². The van der Waals surface area contributed by atoms with Gasteiger partial charge < -0.3 is 5.73 Å². The Hall–Kier alpha value is -0.660. The van der Waals surface area contributed by atoms with E-state index in [1.807, 2.05) is 0 Å². The summed E-state index contributed by atoms with van der Waals surface area (Å²) in [5.74, 6) is -0.178. The summed E-state index contributed by atoms with van der Waals surface area (Å²) in [6, 6.07) is 0. The molecule has 4 N–H and O–H groups in total. The molecule has 0 amide bonds. The molecular formula is C6H14N4O2S. The predicted octanol–water partition coefficient (Wildman–Crippen LogP) is -1.15. The van der Waals surface area contributed by atoms with Crippen molar-refractivity contribution in [1.29, 1.82) is 5.41 Å². The minimum atomic E-state index is -3.39. The van der Waals surface area contributed by atoms with Gasteiger partial charge in [-0.3, -0.25) is 5.41 Å². The van der Waals surface area contributed by atoms with Crippen molar-refractivity contribution in [3.8, 4) is 0 Å². The van der Waals surface area contributed by atoms with Crippen molar-refractivity contribution in [3.63, 3.8) is 0 Å². The highest BCUT2D eigenvalue weighted by Gasteiger charge is 2.24. The first kappa shape index (κ1) is 10.4. The van der Waals surface area contributed by atoms with Gasteiger partial charge in [-0.2, -0.15) is 17.4 Å². The maximum absolute atomic E-state index is 11.4. The van der Waals surface area contributed by atoms with Crippen molar-refractivity contribution in [2.24, 2.45) is 5.73 Å². The van der Waals surface area contributed by atoms with Crippen LogP contribution in [0.4, 0.5) is 0 Å². The van der Waals surface area contributed by atoms with Crippen molar-refractivity contribution < 1.29 is 8.42 Å². The monoisotopic (exact) mass is 206 g/mol. The Morgan fingerprint density at radius 3 is 2.46 bits per heavy atom. The van der Waals surface area contributed by atoms with Crippen LogP contribution in [0, 0.1) is 5.41 Å². The average Bonchev–Trinajstić information content (AvgIpc) is 2.53. The van der Waals surface area contributed by atoms with E-state index in [-0.39, 0.29) is 12.4 Å². The molecule has 6 nitrogen and oxygen atoms in total. The first-order valence-electron chi connectivity index (χ1n) is 4.10. The SMILES string of the molecule is N=C(N)CNS(=O)(=O)N1CCCC1. The van der Waals surface area contributed by atoms with Crippen LogP contribution < -0.4 is 10.5 Å². The molecule has 1 heterocycles. The molecular weight excluding hydrogens is 192 g/mol. The van der Waals surface area contributed by atoms with Gasteiger partial charge in [0.15, 0.2) is 0 Å². The molecule has 0 saturated carbocycles. The lowest BCUT2D eigenvalue weighted by molar-refractivity contribution is 0.468. The number of hydrogen-bond donors (Lipinski definition) is 3. The summed E-state index contributed by atoms with van der Waals surface area (Å²) in [5.41, 5.74) is 5.04. The molecule has 1 fully saturated rings. The highest BCUT2D eigenvalue weighted by atomic mass is 32.2. The summed E-state index contributed by atoms with van der Waals surface area (Å²) in [6.45, 7) is 1.01. The molecule has 1 aliphatic heterocycles. The van der Waals surface area contributed by atoms with Crippen molar-refractivity contribution in [1.82, 2.24) is 9.03 Å². The smallest absolute Gasteiger partial charge is 0.279 e. The van der Waals surface area contributed by atoms with Crippen LogP contribution in [0.25, 0.3) is 0 Å². The average molecular weight is 206 g/mol. The molecule has 1 saturated heterocycles. The van der Waals surface area contributed by atoms with Gasteiger partial charge in [0, 0.05) is 13.1 Å². The van der Waals surface area contributed by atoms with E-state index in [1.165, 1.54) is 4.31 Å². The van der Waals surface area contributed by atoms with E-state index in [2.05, 4.69) is 4.72 Å². The van der Waals surface area contributed by atoms with Crippen molar-refractivity contribution in [2.45, 2.75) is 12.8 Å². The van der Waals surface area contributed by atoms with E-state index in [4.69, 9.17) is 11.1 Å². The lowest BCUT2D eigenvalue weighted by Crippen LogP contribution is -2.42. The summed E-state index contributed by atoms with van der Waals surface area (Å²) in [6.07, 6.45) is 1.81. The standard InChI is InChI=1S/C6H14N4O2S/c7-6(8)5-9-13(11,12)10-3-1-2-4-10/h9H,1-5H2,(H3,7,8). The molecule has 13 heavy (non-hydrogen) atoms. The number of rotatable bonds is 4. The minimum absolute atomic E-state index is 0.112. The Morgan fingerprint density at radius 1 is 1.46 bits per heavy atom. The summed E-state index contributed by atoms with van der Waals surface area (Å²) in [7, 11) is -3.39. The maximum Gasteiger partial charge on any atom is 0.279 e. The Morgan fingerprint density at radius 2 is 2.00 bits per heavy atom. The van der Waals surface area contributed by atoms with E-state index in [0.717, 1.165) is 12.8 Å². The number of nitrogens with two attached hydrogens (primary N) is 1. The molecule has 0 radical (unpaired) electrons. The Kier molecular flexibility index (Phi) is 3.23. The van der Waals surface area contributed by atoms with Gasteiger partial charge in [-0.1, -0.05) is 0 Å². The van der Waals surface area contributed by atoms with Crippen LogP contribution in [-0.4, -0.2) is 38.2 Å². The van der Waals surface area contributed by atoms with Crippen LogP contribution >= 0.6 is 0 Å². The third kappa shape index (κ3) is 2.94. The van der Waals surface area contributed by atoms with Crippen LogP contribution in [0.5, 0.6) is 0 Å². The molecule has 0 unspecified atom stereocenters. The van der Waals surface area contributed by atoms with Gasteiger partial charge in [0.25, 0.3) is 10.2 Å². The first-order valence-corrected chi connectivity index (χ1v) is 5.54. The molecule has 76 valence electrons. The quantitative estimate of drug-likeness (QED) is 0.400. The van der Waals surface area contributed by atoms with Crippen LogP contribution in [0.2, 0.25) is 0 Å². The van der Waals surface area contributed by atoms with E-state index in [9.17, 15) is 8.42 Å². The van der Waals surface area contributed by atoms with Gasteiger partial charge in [0.05, 0.1) is 6.54 Å². The molecule has 0 aromatic carbocycles. The van der Waals surface area contributed by atoms with E-state index in [1.54, 1.807) is 0 Å². The summed E-state index contributed by atoms with van der Waals surface area (Å²) >= 11 is 0. The van der Waals surface area contributed by atoms with Crippen molar-refractivity contribution >= 4 is 16.0 Å². The lowest BCUT2D eigenvalue weighted by atomic mass is 10.4. The largest absolute Gasteiger partial charge is 0.387 e. The van der Waals surface area contributed by atoms with Crippen molar-refractivity contribution in [3.05, 3.63) is 0 Å². The molecule has 1 aliphatic rings. The molecule has 0 spiro atoms. The third-order valence-electron chi connectivity index (χ3n) is 1.85. The molecule has 1 rings (SSSR count). The van der Waals surface area contributed by atoms with Gasteiger partial charge in [-0.15, -0.1) is 0 Å². The Balaban J connectivity index is 2.50. The Bertz CT molecular complexity index is 281. The molecule has 7 heteroatoms. The summed E-state index contributed by atoms with van der Waals surface area (Å²) in [5, 5.41) is 6.88. The van der Waals surface area contributed by atoms with Crippen LogP contribution in [0.3, 0.4) is 0 Å². The number of nitrogens with one attached hydrogen (secondary N) is 2. The van der Waals surface area contributed by atoms with Gasteiger partial charge in [-0.25, -0.2) is 0 Å². The van der Waals surface area contributed by atoms with E-state index >= 15 is 0 Å². The zero-order valence-corrected chi connectivity index (χ0v) is 8.10. The maximum atomic E-state index is 11.4. The topological polar surface area (TPSA) is 99.3 Å². The predicted molar refractivity (Wildman–Crippen MR) is 49.6 cm³/mol. The minimum Gasteiger partial charge on any atom is -0.387 e.